The molecule has 0 saturated heterocycles. The van der Waals surface area contributed by atoms with Gasteiger partial charge in [-0.05, 0) is 37.1 Å². The lowest BCUT2D eigenvalue weighted by atomic mass is 10.5. The van der Waals surface area contributed by atoms with Crippen LogP contribution < -0.4 is 0 Å². The Morgan fingerprint density at radius 1 is 1.62 bits per heavy atom. The fourth-order valence-corrected chi connectivity index (χ4v) is 2.59. The molecule has 2 heteroatoms. The van der Waals surface area contributed by atoms with Crippen molar-refractivity contribution >= 4 is 23.5 Å². The predicted octanol–water partition coefficient (Wildman–Crippen LogP) is 1.80. The quantitative estimate of drug-likeness (QED) is 0.372. The van der Waals surface area contributed by atoms with Crippen LogP contribution in [-0.2, 0) is 11.8 Å². The zero-order chi connectivity index (χ0) is 6.04. The normalized spacial score (nSPS) is 25.8. The number of hydrogen-bond acceptors (Lipinski definition) is 1. The van der Waals surface area contributed by atoms with E-state index in [1.165, 1.54) is 5.75 Å². The van der Waals surface area contributed by atoms with E-state index in [1.54, 1.807) is 11.8 Å². The highest BCUT2D eigenvalue weighted by atomic mass is 32.2. The van der Waals surface area contributed by atoms with Crippen LogP contribution in [0.4, 0.5) is 0 Å². The van der Waals surface area contributed by atoms with Gasteiger partial charge in [0.05, 0.1) is 0 Å². The van der Waals surface area contributed by atoms with Crippen LogP contribution in [0.25, 0.3) is 0 Å². The van der Waals surface area contributed by atoms with Crippen molar-refractivity contribution in [3.8, 4) is 0 Å². The summed E-state index contributed by atoms with van der Waals surface area (Å²) in [5.74, 6) is 1.24. The SMILES string of the molecule is CC1(C)SC=CC[SH+]1. The first-order chi connectivity index (χ1) is 3.71. The molecule has 0 aromatic heterocycles. The van der Waals surface area contributed by atoms with Crippen LogP contribution in [-0.4, -0.2) is 9.83 Å². The highest BCUT2D eigenvalue weighted by molar-refractivity contribution is 8.13. The molecule has 0 N–H and O–H groups in total. The molecule has 46 valence electrons. The summed E-state index contributed by atoms with van der Waals surface area (Å²) < 4.78 is 0.481. The monoisotopic (exact) mass is 147 g/mol. The molecule has 0 atom stereocenters. The lowest BCUT2D eigenvalue weighted by molar-refractivity contribution is 1.03. The third kappa shape index (κ3) is 1.75. The topological polar surface area (TPSA) is 0 Å². The minimum Gasteiger partial charge on any atom is -0.0748 e. The van der Waals surface area contributed by atoms with Crippen molar-refractivity contribution in [2.45, 2.75) is 17.9 Å². The zero-order valence-corrected chi connectivity index (χ0v) is 6.93. The fourth-order valence-electron chi connectivity index (χ4n) is 0.567. The number of hydrogen-bond donors (Lipinski definition) is 0. The van der Waals surface area contributed by atoms with Crippen molar-refractivity contribution in [1.82, 2.24) is 0 Å². The van der Waals surface area contributed by atoms with Gasteiger partial charge in [-0.2, -0.15) is 0 Å². The van der Waals surface area contributed by atoms with E-state index in [0.29, 0.717) is 4.08 Å². The minimum absolute atomic E-state index is 0.481. The molecule has 0 nitrogen and oxygen atoms in total. The summed E-state index contributed by atoms with van der Waals surface area (Å²) in [6, 6.07) is 0. The van der Waals surface area contributed by atoms with Gasteiger partial charge in [-0.15, -0.1) is 0 Å². The second-order valence-corrected chi connectivity index (χ2v) is 5.91. The van der Waals surface area contributed by atoms with Gasteiger partial charge in [0.15, 0.2) is 4.08 Å². The van der Waals surface area contributed by atoms with Gasteiger partial charge in [0.1, 0.15) is 5.75 Å². The van der Waals surface area contributed by atoms with E-state index in [-0.39, 0.29) is 0 Å². The average molecular weight is 147 g/mol. The molecule has 0 amide bonds. The molecule has 0 saturated carbocycles. The van der Waals surface area contributed by atoms with Gasteiger partial charge >= 0.3 is 0 Å². The summed E-state index contributed by atoms with van der Waals surface area (Å²) in [4.78, 5) is 0. The minimum atomic E-state index is 0.481. The van der Waals surface area contributed by atoms with Crippen molar-refractivity contribution in [3.63, 3.8) is 0 Å². The van der Waals surface area contributed by atoms with Crippen LogP contribution in [0.2, 0.25) is 0 Å². The molecule has 0 aromatic carbocycles. The summed E-state index contributed by atoms with van der Waals surface area (Å²) >= 11 is 3.48. The molecule has 8 heavy (non-hydrogen) atoms. The van der Waals surface area contributed by atoms with Crippen LogP contribution in [0, 0.1) is 0 Å². The van der Waals surface area contributed by atoms with Crippen molar-refractivity contribution in [2.24, 2.45) is 0 Å². The highest BCUT2D eigenvalue weighted by Gasteiger charge is 2.26. The molecule has 1 heterocycles. The molecule has 0 unspecified atom stereocenters. The zero-order valence-electron chi connectivity index (χ0n) is 5.22. The maximum atomic E-state index is 2.28. The Morgan fingerprint density at radius 3 is 2.62 bits per heavy atom. The van der Waals surface area contributed by atoms with E-state index in [0.717, 1.165) is 0 Å². The lowest BCUT2D eigenvalue weighted by Crippen LogP contribution is -2.19. The van der Waals surface area contributed by atoms with E-state index >= 15 is 0 Å². The van der Waals surface area contributed by atoms with Gasteiger partial charge in [-0.25, -0.2) is 0 Å². The maximum Gasteiger partial charge on any atom is 0.169 e. The summed E-state index contributed by atoms with van der Waals surface area (Å²) in [7, 11) is 0. The van der Waals surface area contributed by atoms with Crippen LogP contribution in [0.3, 0.4) is 0 Å². The molecule has 0 spiro atoms. The van der Waals surface area contributed by atoms with Gasteiger partial charge in [0.2, 0.25) is 0 Å². The second kappa shape index (κ2) is 2.36. The van der Waals surface area contributed by atoms with Crippen molar-refractivity contribution in [2.75, 3.05) is 5.75 Å². The van der Waals surface area contributed by atoms with Gasteiger partial charge in [-0.1, -0.05) is 11.8 Å². The Morgan fingerprint density at radius 2 is 2.38 bits per heavy atom. The fraction of sp³-hybridized carbons (Fsp3) is 0.667. The Labute approximate surface area is 59.1 Å². The molecule has 1 aliphatic rings. The van der Waals surface area contributed by atoms with Gasteiger partial charge in [0, 0.05) is 0 Å². The van der Waals surface area contributed by atoms with Crippen LogP contribution >= 0.6 is 11.8 Å². The number of thioether (sulfide) groups is 1. The molecule has 0 aromatic rings. The average Bonchev–Trinajstić information content (AvgIpc) is 1.65. The standard InChI is InChI=1S/C6H10S2/c1-6(2)7-4-3-5-8-6/h3-4H,5H2,1-2H3/p+1. The molecular formula is C6H11S2+. The second-order valence-electron chi connectivity index (χ2n) is 2.28. The van der Waals surface area contributed by atoms with Gasteiger partial charge in [0.25, 0.3) is 0 Å². The van der Waals surface area contributed by atoms with Crippen LogP contribution in [0.1, 0.15) is 13.8 Å². The van der Waals surface area contributed by atoms with E-state index < -0.39 is 0 Å². The largest absolute Gasteiger partial charge is 0.169 e. The molecule has 1 aliphatic heterocycles. The third-order valence-electron chi connectivity index (χ3n) is 1.03. The summed E-state index contributed by atoms with van der Waals surface area (Å²) in [5.41, 5.74) is 0. The first kappa shape index (κ1) is 6.56. The summed E-state index contributed by atoms with van der Waals surface area (Å²) in [5, 5.41) is 2.20. The number of rotatable bonds is 0. The molecule has 0 aliphatic carbocycles. The Kier molecular flexibility index (Phi) is 1.93. The first-order valence-electron chi connectivity index (χ1n) is 2.72. The van der Waals surface area contributed by atoms with Crippen molar-refractivity contribution < 1.29 is 0 Å². The van der Waals surface area contributed by atoms with E-state index in [2.05, 4.69) is 25.3 Å². The lowest BCUT2D eigenvalue weighted by Gasteiger charge is -2.15. The third-order valence-corrected chi connectivity index (χ3v) is 3.79. The van der Waals surface area contributed by atoms with E-state index in [4.69, 9.17) is 0 Å². The van der Waals surface area contributed by atoms with Crippen LogP contribution in [0.5, 0.6) is 0 Å². The van der Waals surface area contributed by atoms with E-state index in [9.17, 15) is 0 Å². The molecule has 0 radical (unpaired) electrons. The summed E-state index contributed by atoms with van der Waals surface area (Å²) in [6.45, 7) is 4.56. The molecule has 0 bridgehead atoms. The molecule has 0 fully saturated rings. The van der Waals surface area contributed by atoms with Crippen molar-refractivity contribution in [3.05, 3.63) is 11.5 Å². The van der Waals surface area contributed by atoms with Crippen LogP contribution in [0.15, 0.2) is 11.5 Å². The molecule has 1 rings (SSSR count). The predicted molar refractivity (Wildman–Crippen MR) is 44.4 cm³/mol. The molecular weight excluding hydrogens is 136 g/mol. The van der Waals surface area contributed by atoms with Gasteiger partial charge < -0.3 is 0 Å². The Hall–Kier alpha value is 0.440. The van der Waals surface area contributed by atoms with Gasteiger partial charge in [-0.3, -0.25) is 0 Å². The maximum absolute atomic E-state index is 2.28. The Balaban J connectivity index is 2.50. The number of thiol groups is 1. The summed E-state index contributed by atoms with van der Waals surface area (Å²) in [6.07, 6.45) is 2.23. The smallest absolute Gasteiger partial charge is 0.0748 e. The van der Waals surface area contributed by atoms with E-state index in [1.807, 2.05) is 11.8 Å². The van der Waals surface area contributed by atoms with Crippen molar-refractivity contribution in [1.29, 1.82) is 0 Å². The highest BCUT2D eigenvalue weighted by Crippen LogP contribution is 2.29. The first-order valence-corrected chi connectivity index (χ1v) is 4.68. The Bertz CT molecular complexity index is 105.